The van der Waals surface area contributed by atoms with Crippen LogP contribution in [0.4, 0.5) is 0 Å². The fourth-order valence-corrected chi connectivity index (χ4v) is 1.47. The summed E-state index contributed by atoms with van der Waals surface area (Å²) in [5.41, 5.74) is 1.46. The topological polar surface area (TPSA) is 20.2 Å². The van der Waals surface area contributed by atoms with E-state index in [1.807, 2.05) is 25.1 Å². The van der Waals surface area contributed by atoms with Crippen molar-refractivity contribution >= 4 is 11.6 Å². The normalized spacial score (nSPS) is 19.2. The Balaban J connectivity index is 2.41. The number of halogens is 1. The Morgan fingerprint density at radius 1 is 1.42 bits per heavy atom. The highest BCUT2D eigenvalue weighted by Crippen LogP contribution is 2.45. The number of hydrogen-bond donors (Lipinski definition) is 1. The SMILES string of the molecule is Cc1ccc(C2(O)CC2)cc1Cl. The zero-order valence-corrected chi connectivity index (χ0v) is 7.73. The lowest BCUT2D eigenvalue weighted by Crippen LogP contribution is -2.03. The Kier molecular flexibility index (Phi) is 1.67. The van der Waals surface area contributed by atoms with Gasteiger partial charge in [0.2, 0.25) is 0 Å². The lowest BCUT2D eigenvalue weighted by molar-refractivity contribution is 0.151. The van der Waals surface area contributed by atoms with E-state index in [9.17, 15) is 5.11 Å². The maximum atomic E-state index is 9.76. The van der Waals surface area contributed by atoms with Crippen molar-refractivity contribution < 1.29 is 5.11 Å². The Morgan fingerprint density at radius 3 is 2.58 bits per heavy atom. The molecule has 12 heavy (non-hydrogen) atoms. The summed E-state index contributed by atoms with van der Waals surface area (Å²) in [7, 11) is 0. The predicted octanol–water partition coefficient (Wildman–Crippen LogP) is 2.63. The van der Waals surface area contributed by atoms with Gasteiger partial charge in [0.1, 0.15) is 0 Å². The predicted molar refractivity (Wildman–Crippen MR) is 49.3 cm³/mol. The van der Waals surface area contributed by atoms with Crippen LogP contribution in [0.15, 0.2) is 18.2 Å². The third kappa shape index (κ3) is 1.23. The molecule has 0 unspecified atom stereocenters. The Labute approximate surface area is 77.0 Å². The average Bonchev–Trinajstić information content (AvgIpc) is 2.75. The molecular formula is C10H11ClO. The van der Waals surface area contributed by atoms with Crippen LogP contribution in [0.25, 0.3) is 0 Å². The van der Waals surface area contributed by atoms with Gasteiger partial charge in [-0.25, -0.2) is 0 Å². The van der Waals surface area contributed by atoms with Gasteiger partial charge in [-0.1, -0.05) is 23.7 Å². The highest BCUT2D eigenvalue weighted by Gasteiger charge is 2.42. The van der Waals surface area contributed by atoms with Gasteiger partial charge in [0.15, 0.2) is 0 Å². The molecule has 0 atom stereocenters. The van der Waals surface area contributed by atoms with E-state index in [2.05, 4.69) is 0 Å². The zero-order valence-electron chi connectivity index (χ0n) is 6.97. The van der Waals surface area contributed by atoms with Crippen LogP contribution in [0.2, 0.25) is 5.02 Å². The van der Waals surface area contributed by atoms with Gasteiger partial charge < -0.3 is 5.11 Å². The van der Waals surface area contributed by atoms with Crippen LogP contribution >= 0.6 is 11.6 Å². The van der Waals surface area contributed by atoms with E-state index in [4.69, 9.17) is 11.6 Å². The summed E-state index contributed by atoms with van der Waals surface area (Å²) in [5.74, 6) is 0. The number of aliphatic hydroxyl groups is 1. The minimum absolute atomic E-state index is 0.558. The van der Waals surface area contributed by atoms with Crippen molar-refractivity contribution in [2.45, 2.75) is 25.4 Å². The Hall–Kier alpha value is -0.530. The molecular weight excluding hydrogens is 172 g/mol. The summed E-state index contributed by atoms with van der Waals surface area (Å²) in [6.45, 7) is 1.96. The van der Waals surface area contributed by atoms with Crippen molar-refractivity contribution in [3.05, 3.63) is 34.3 Å². The molecule has 0 heterocycles. The molecule has 1 aromatic rings. The molecule has 2 rings (SSSR count). The molecule has 1 aromatic carbocycles. The maximum absolute atomic E-state index is 9.76. The second kappa shape index (κ2) is 2.48. The molecule has 1 aliphatic carbocycles. The van der Waals surface area contributed by atoms with E-state index in [1.54, 1.807) is 0 Å². The lowest BCUT2D eigenvalue weighted by atomic mass is 10.1. The molecule has 1 fully saturated rings. The van der Waals surface area contributed by atoms with Gasteiger partial charge in [0.25, 0.3) is 0 Å². The quantitative estimate of drug-likeness (QED) is 0.708. The molecule has 0 saturated heterocycles. The molecule has 0 bridgehead atoms. The summed E-state index contributed by atoms with van der Waals surface area (Å²) < 4.78 is 0. The van der Waals surface area contributed by atoms with Crippen LogP contribution in [0, 0.1) is 6.92 Å². The van der Waals surface area contributed by atoms with Gasteiger partial charge in [0.05, 0.1) is 5.60 Å². The molecule has 1 saturated carbocycles. The Morgan fingerprint density at radius 2 is 2.08 bits per heavy atom. The molecule has 0 amide bonds. The van der Waals surface area contributed by atoms with Crippen molar-refractivity contribution in [3.63, 3.8) is 0 Å². The van der Waals surface area contributed by atoms with Crippen LogP contribution in [0.1, 0.15) is 24.0 Å². The van der Waals surface area contributed by atoms with E-state index < -0.39 is 5.60 Å². The molecule has 2 heteroatoms. The molecule has 0 aliphatic heterocycles. The summed E-state index contributed by atoms with van der Waals surface area (Å²) >= 11 is 5.94. The van der Waals surface area contributed by atoms with Gasteiger partial charge in [-0.05, 0) is 37.0 Å². The number of rotatable bonds is 1. The summed E-state index contributed by atoms with van der Waals surface area (Å²) in [5, 5.41) is 10.5. The first-order valence-electron chi connectivity index (χ1n) is 4.11. The third-order valence-electron chi connectivity index (χ3n) is 2.43. The average molecular weight is 183 g/mol. The highest BCUT2D eigenvalue weighted by atomic mass is 35.5. The van der Waals surface area contributed by atoms with Gasteiger partial charge in [0, 0.05) is 5.02 Å². The second-order valence-corrected chi connectivity index (χ2v) is 3.90. The summed E-state index contributed by atoms with van der Waals surface area (Å²) in [6, 6.07) is 5.77. The third-order valence-corrected chi connectivity index (χ3v) is 2.84. The monoisotopic (exact) mass is 182 g/mol. The minimum atomic E-state index is -0.558. The lowest BCUT2D eigenvalue weighted by Gasteiger charge is -2.08. The number of benzene rings is 1. The molecule has 1 nitrogen and oxygen atoms in total. The van der Waals surface area contributed by atoms with E-state index in [1.165, 1.54) is 0 Å². The molecule has 0 spiro atoms. The molecule has 64 valence electrons. The van der Waals surface area contributed by atoms with Crippen molar-refractivity contribution in [1.82, 2.24) is 0 Å². The minimum Gasteiger partial charge on any atom is -0.385 e. The fraction of sp³-hybridized carbons (Fsp3) is 0.400. The van der Waals surface area contributed by atoms with Gasteiger partial charge in [-0.3, -0.25) is 0 Å². The fourth-order valence-electron chi connectivity index (χ4n) is 1.29. The zero-order chi connectivity index (χ0) is 8.77. The maximum Gasteiger partial charge on any atom is 0.0899 e. The molecule has 0 aromatic heterocycles. The standard InChI is InChI=1S/C10H11ClO/c1-7-2-3-8(6-9(7)11)10(12)4-5-10/h2-3,6,12H,4-5H2,1H3. The first kappa shape index (κ1) is 8.09. The van der Waals surface area contributed by atoms with Crippen molar-refractivity contribution in [2.24, 2.45) is 0 Å². The molecule has 0 radical (unpaired) electrons. The molecule has 1 N–H and O–H groups in total. The van der Waals surface area contributed by atoms with E-state index >= 15 is 0 Å². The number of aryl methyl sites for hydroxylation is 1. The van der Waals surface area contributed by atoms with Gasteiger partial charge in [-0.2, -0.15) is 0 Å². The highest BCUT2D eigenvalue weighted by molar-refractivity contribution is 6.31. The van der Waals surface area contributed by atoms with Crippen LogP contribution in [-0.2, 0) is 5.60 Å². The van der Waals surface area contributed by atoms with Crippen LogP contribution in [0.3, 0.4) is 0 Å². The first-order valence-corrected chi connectivity index (χ1v) is 4.49. The summed E-state index contributed by atoms with van der Waals surface area (Å²) in [6.07, 6.45) is 1.73. The smallest absolute Gasteiger partial charge is 0.0899 e. The van der Waals surface area contributed by atoms with Crippen molar-refractivity contribution in [2.75, 3.05) is 0 Å². The van der Waals surface area contributed by atoms with Crippen molar-refractivity contribution in [1.29, 1.82) is 0 Å². The van der Waals surface area contributed by atoms with E-state index in [-0.39, 0.29) is 0 Å². The van der Waals surface area contributed by atoms with Crippen molar-refractivity contribution in [3.8, 4) is 0 Å². The second-order valence-electron chi connectivity index (χ2n) is 3.50. The van der Waals surface area contributed by atoms with Gasteiger partial charge in [-0.15, -0.1) is 0 Å². The van der Waals surface area contributed by atoms with E-state index in [0.717, 1.165) is 29.0 Å². The Bertz CT molecular complexity index is 316. The van der Waals surface area contributed by atoms with Crippen LogP contribution < -0.4 is 0 Å². The largest absolute Gasteiger partial charge is 0.385 e. The van der Waals surface area contributed by atoms with Crippen LogP contribution in [-0.4, -0.2) is 5.11 Å². The summed E-state index contributed by atoms with van der Waals surface area (Å²) in [4.78, 5) is 0. The van der Waals surface area contributed by atoms with Crippen LogP contribution in [0.5, 0.6) is 0 Å². The molecule has 1 aliphatic rings. The van der Waals surface area contributed by atoms with E-state index in [0.29, 0.717) is 0 Å². The first-order chi connectivity index (χ1) is 5.62. The van der Waals surface area contributed by atoms with Gasteiger partial charge >= 0.3 is 0 Å². The number of hydrogen-bond acceptors (Lipinski definition) is 1.